The second-order valence-electron chi connectivity index (χ2n) is 9.26. The number of fused-ring (bicyclic) bond motifs is 9. The number of ether oxygens (including phenoxy) is 1. The number of rotatable bonds is 5. The number of hydrogen-bond acceptors (Lipinski definition) is 1. The molecule has 0 aromatic heterocycles. The van der Waals surface area contributed by atoms with Crippen LogP contribution >= 0.6 is 22.6 Å². The molecule has 0 saturated heterocycles. The fourth-order valence-corrected chi connectivity index (χ4v) is 7.92. The van der Waals surface area contributed by atoms with E-state index in [1.165, 1.54) is 44.1 Å². The Morgan fingerprint density at radius 3 is 2.44 bits per heavy atom. The predicted octanol–water partition coefficient (Wildman–Crippen LogP) is 6.80. The van der Waals surface area contributed by atoms with Crippen LogP contribution in [0.2, 0.25) is 0 Å². The fourth-order valence-electron chi connectivity index (χ4n) is 7.51. The van der Waals surface area contributed by atoms with Crippen LogP contribution in [0.5, 0.6) is 5.75 Å². The highest BCUT2D eigenvalue weighted by atomic mass is 127. The average Bonchev–Trinajstić information content (AvgIpc) is 3.40. The summed E-state index contributed by atoms with van der Waals surface area (Å²) < 4.78 is 7.44. The van der Waals surface area contributed by atoms with Gasteiger partial charge in [-0.15, -0.1) is 0 Å². The Hall–Kier alpha value is -0.250. The molecule has 0 aliphatic heterocycles. The monoisotopic (exact) mass is 450 g/mol. The summed E-state index contributed by atoms with van der Waals surface area (Å²) in [5.41, 5.74) is 1.56. The molecule has 25 heavy (non-hydrogen) atoms. The largest absolute Gasteiger partial charge is 0.487 e. The summed E-state index contributed by atoms with van der Waals surface area (Å²) in [6, 6.07) is 9.04. The van der Waals surface area contributed by atoms with Gasteiger partial charge >= 0.3 is 0 Å². The molecule has 0 spiro atoms. The van der Waals surface area contributed by atoms with Gasteiger partial charge in [0.25, 0.3) is 0 Å². The van der Waals surface area contributed by atoms with E-state index in [1.807, 2.05) is 0 Å². The fraction of sp³-hybridized carbons (Fsp3) is 0.739. The summed E-state index contributed by atoms with van der Waals surface area (Å²) in [7, 11) is 0. The second kappa shape index (κ2) is 6.14. The van der Waals surface area contributed by atoms with Crippen molar-refractivity contribution in [3.8, 4) is 5.75 Å². The zero-order valence-electron chi connectivity index (χ0n) is 15.6. The lowest BCUT2D eigenvalue weighted by atomic mass is 9.65. The Bertz CT molecular complexity index is 640. The SMILES string of the molecule is CCC(I)c1ccc(OC2(CC)CC3CC2C2C4CCC(C4)C32)cc1. The molecule has 8 atom stereocenters. The Balaban J connectivity index is 1.38. The van der Waals surface area contributed by atoms with Crippen LogP contribution in [0.1, 0.15) is 68.3 Å². The molecular weight excluding hydrogens is 419 g/mol. The molecule has 5 rings (SSSR count). The second-order valence-corrected chi connectivity index (χ2v) is 10.8. The number of hydrogen-bond donors (Lipinski definition) is 0. The first-order valence-corrected chi connectivity index (χ1v) is 11.8. The highest BCUT2D eigenvalue weighted by Crippen LogP contribution is 2.70. The maximum absolute atomic E-state index is 6.83. The van der Waals surface area contributed by atoms with Crippen LogP contribution in [0.4, 0.5) is 0 Å². The predicted molar refractivity (Wildman–Crippen MR) is 111 cm³/mol. The van der Waals surface area contributed by atoms with Crippen LogP contribution in [0.25, 0.3) is 0 Å². The van der Waals surface area contributed by atoms with Crippen molar-refractivity contribution in [3.05, 3.63) is 29.8 Å². The summed E-state index contributed by atoms with van der Waals surface area (Å²) in [6.45, 7) is 4.63. The Labute approximate surface area is 166 Å². The number of alkyl halides is 1. The summed E-state index contributed by atoms with van der Waals surface area (Å²) in [6.07, 6.45) is 9.74. The van der Waals surface area contributed by atoms with Gasteiger partial charge in [0.15, 0.2) is 0 Å². The van der Waals surface area contributed by atoms with Gasteiger partial charge in [0.2, 0.25) is 0 Å². The average molecular weight is 450 g/mol. The minimum atomic E-state index is 0.131. The van der Waals surface area contributed by atoms with E-state index in [2.05, 4.69) is 60.7 Å². The molecule has 4 bridgehead atoms. The third kappa shape index (κ3) is 2.45. The maximum Gasteiger partial charge on any atom is 0.120 e. The van der Waals surface area contributed by atoms with Crippen molar-refractivity contribution < 1.29 is 4.74 Å². The maximum atomic E-state index is 6.83. The quantitative estimate of drug-likeness (QED) is 0.272. The third-order valence-electron chi connectivity index (χ3n) is 8.42. The van der Waals surface area contributed by atoms with Crippen molar-refractivity contribution in [1.82, 2.24) is 0 Å². The highest BCUT2D eigenvalue weighted by Gasteiger charge is 2.67. The van der Waals surface area contributed by atoms with E-state index in [4.69, 9.17) is 4.74 Å². The van der Waals surface area contributed by atoms with Crippen molar-refractivity contribution >= 4 is 22.6 Å². The van der Waals surface area contributed by atoms with E-state index < -0.39 is 0 Å². The van der Waals surface area contributed by atoms with Crippen LogP contribution in [0, 0.1) is 35.5 Å². The van der Waals surface area contributed by atoms with Crippen LogP contribution in [0.15, 0.2) is 24.3 Å². The molecule has 4 fully saturated rings. The Kier molecular flexibility index (Phi) is 4.15. The molecule has 0 heterocycles. The first-order chi connectivity index (χ1) is 12.1. The van der Waals surface area contributed by atoms with E-state index in [0.29, 0.717) is 3.92 Å². The molecule has 1 nitrogen and oxygen atoms in total. The van der Waals surface area contributed by atoms with Gasteiger partial charge in [-0.2, -0.15) is 0 Å². The molecule has 2 heteroatoms. The van der Waals surface area contributed by atoms with Crippen molar-refractivity contribution in [2.24, 2.45) is 35.5 Å². The molecule has 0 radical (unpaired) electrons. The first kappa shape index (κ1) is 16.9. The zero-order chi connectivity index (χ0) is 17.2. The topological polar surface area (TPSA) is 9.23 Å². The number of halogens is 1. The lowest BCUT2D eigenvalue weighted by Crippen LogP contribution is -2.48. The first-order valence-electron chi connectivity index (χ1n) is 10.6. The smallest absolute Gasteiger partial charge is 0.120 e. The molecule has 136 valence electrons. The summed E-state index contributed by atoms with van der Waals surface area (Å²) in [4.78, 5) is 0. The Morgan fingerprint density at radius 2 is 1.76 bits per heavy atom. The molecule has 4 aliphatic rings. The third-order valence-corrected chi connectivity index (χ3v) is 10.0. The van der Waals surface area contributed by atoms with Gasteiger partial charge in [-0.3, -0.25) is 0 Å². The van der Waals surface area contributed by atoms with E-state index in [1.54, 1.807) is 6.42 Å². The molecule has 1 aromatic carbocycles. The van der Waals surface area contributed by atoms with Gasteiger partial charge in [-0.05, 0) is 92.2 Å². The standard InChI is InChI=1S/C23H31IO/c1-3-20(24)14-7-9-18(10-8-14)25-23(4-2)13-17-12-19(23)22-16-6-5-15(11-16)21(17)22/h7-10,15-17,19-22H,3-6,11-13H2,1-2H3. The molecule has 0 amide bonds. The lowest BCUT2D eigenvalue weighted by molar-refractivity contribution is -0.0464. The molecular formula is C23H31IO. The van der Waals surface area contributed by atoms with Crippen molar-refractivity contribution in [1.29, 1.82) is 0 Å². The van der Waals surface area contributed by atoms with Crippen LogP contribution in [-0.4, -0.2) is 5.60 Å². The number of benzene rings is 1. The molecule has 4 saturated carbocycles. The van der Waals surface area contributed by atoms with E-state index in [-0.39, 0.29) is 5.60 Å². The van der Waals surface area contributed by atoms with Gasteiger partial charge in [-0.1, -0.05) is 48.6 Å². The minimum absolute atomic E-state index is 0.131. The van der Waals surface area contributed by atoms with Crippen LogP contribution in [-0.2, 0) is 0 Å². The van der Waals surface area contributed by atoms with Gasteiger partial charge < -0.3 is 4.74 Å². The molecule has 4 aliphatic carbocycles. The summed E-state index contributed by atoms with van der Waals surface area (Å²) in [5, 5.41) is 0. The highest BCUT2D eigenvalue weighted by molar-refractivity contribution is 14.1. The molecule has 1 aromatic rings. The molecule has 0 N–H and O–H groups in total. The van der Waals surface area contributed by atoms with E-state index in [9.17, 15) is 0 Å². The summed E-state index contributed by atoms with van der Waals surface area (Å²) in [5.74, 6) is 7.07. The van der Waals surface area contributed by atoms with Crippen molar-refractivity contribution in [2.75, 3.05) is 0 Å². The van der Waals surface area contributed by atoms with Gasteiger partial charge in [0.1, 0.15) is 11.4 Å². The normalized spacial score (nSPS) is 44.9. The lowest BCUT2D eigenvalue weighted by Gasteiger charge is -2.46. The van der Waals surface area contributed by atoms with E-state index >= 15 is 0 Å². The van der Waals surface area contributed by atoms with Gasteiger partial charge in [0, 0.05) is 9.84 Å². The summed E-state index contributed by atoms with van der Waals surface area (Å²) >= 11 is 2.54. The van der Waals surface area contributed by atoms with E-state index in [0.717, 1.165) is 41.3 Å². The zero-order valence-corrected chi connectivity index (χ0v) is 17.7. The van der Waals surface area contributed by atoms with Crippen LogP contribution in [0.3, 0.4) is 0 Å². The minimum Gasteiger partial charge on any atom is -0.487 e. The Morgan fingerprint density at radius 1 is 1.04 bits per heavy atom. The van der Waals surface area contributed by atoms with Gasteiger partial charge in [-0.25, -0.2) is 0 Å². The molecule has 8 unspecified atom stereocenters. The van der Waals surface area contributed by atoms with Crippen molar-refractivity contribution in [3.63, 3.8) is 0 Å². The van der Waals surface area contributed by atoms with Gasteiger partial charge in [0.05, 0.1) is 0 Å². The van der Waals surface area contributed by atoms with Crippen molar-refractivity contribution in [2.45, 2.75) is 68.3 Å². The van der Waals surface area contributed by atoms with Crippen LogP contribution < -0.4 is 4.74 Å².